The van der Waals surface area contributed by atoms with Gasteiger partial charge in [-0.15, -0.1) is 11.8 Å². The number of anilines is 1. The average Bonchev–Trinajstić information content (AvgIpc) is 3.95. The molecule has 8 aliphatic carbocycles. The largest absolute Gasteiger partial charge is 0.350 e. The highest BCUT2D eigenvalue weighted by atomic mass is 32.2. The molecule has 9 atom stereocenters. The molecule has 0 aromatic heterocycles. The lowest BCUT2D eigenvalue weighted by Crippen LogP contribution is -2.56. The first-order chi connectivity index (χ1) is 33.7. The van der Waals surface area contributed by atoms with E-state index in [2.05, 4.69) is 179 Å². The van der Waals surface area contributed by atoms with Crippen LogP contribution in [0.25, 0.3) is 0 Å². The van der Waals surface area contributed by atoms with E-state index < -0.39 is 0 Å². The van der Waals surface area contributed by atoms with Crippen LogP contribution in [0.1, 0.15) is 108 Å². The summed E-state index contributed by atoms with van der Waals surface area (Å²) in [6.07, 6.45) is 54.5. The summed E-state index contributed by atoms with van der Waals surface area (Å²) < 4.78 is 0. The minimum Gasteiger partial charge on any atom is -0.350 e. The first-order valence-electron chi connectivity index (χ1n) is 26.4. The fraction of sp³-hybridized carbons (Fsp3) is 0.381. The zero-order valence-corrected chi connectivity index (χ0v) is 40.4. The van der Waals surface area contributed by atoms with Gasteiger partial charge < -0.3 is 10.2 Å². The predicted molar refractivity (Wildman–Crippen MR) is 285 cm³/mol. The van der Waals surface area contributed by atoms with Gasteiger partial charge in [-0.25, -0.2) is 4.99 Å². The van der Waals surface area contributed by atoms with Crippen LogP contribution in [0.5, 0.6) is 0 Å². The Balaban J connectivity index is 0.920. The van der Waals surface area contributed by atoms with Gasteiger partial charge in [0.2, 0.25) is 0 Å². The van der Waals surface area contributed by atoms with E-state index >= 15 is 0 Å². The normalized spacial score (nSPS) is 32.9. The molecule has 11 aliphatic rings. The molecule has 0 saturated carbocycles. The molecule has 2 N–H and O–H groups in total. The first-order valence-corrected chi connectivity index (χ1v) is 27.3. The number of amidine groups is 1. The van der Waals surface area contributed by atoms with E-state index in [9.17, 15) is 0 Å². The number of para-hydroxylation sites is 1. The van der Waals surface area contributed by atoms with Crippen LogP contribution in [0.3, 0.4) is 0 Å². The minimum absolute atomic E-state index is 0.00702. The molecule has 0 amide bonds. The minimum atomic E-state index is -0.0338. The SMILES string of the molecule is C1=CC(C2NC(C3=C(C4=CC=C5SC6CC7=C(C=C6C5C4)C4C=CCCC4N7c4ccccc4)CCC(C4C(C5=CCCC=C5)C=CCC4c4ccccc4)=C3)=NC(C3=CCCCC3)N2)=CCC1. The summed E-state index contributed by atoms with van der Waals surface area (Å²) in [4.78, 5) is 10.1. The molecule has 13 rings (SSSR count). The number of aliphatic imine (C=N–C) groups is 1. The quantitative estimate of drug-likeness (QED) is 0.259. The number of benzene rings is 2. The molecule has 0 radical (unpaired) electrons. The molecule has 68 heavy (non-hydrogen) atoms. The standard InChI is InChI=1S/C63H66N4S/c1-6-19-41(20-7-1)49-30-18-31-50(42-21-8-2-9-22-42)60(49)46-33-35-48(55(38-46)63-65-61(43-23-10-3-11-24-43)64-62(66-63)44-25-12-4-13-26-44)45-34-36-58-53(37-45)54-39-52-51-29-16-17-32-56(51)67(47-27-14-5-15-28-47)57(52)40-59(54)68-58/h1,5-8,10,14-16,18-25,27-29,31,34,36,38-39,49-51,53,56,59-62,64H,2-4,9,11-13,17,26,30,32-33,35,37,40H2,(H,65,66). The van der Waals surface area contributed by atoms with Crippen molar-refractivity contribution in [3.63, 3.8) is 0 Å². The van der Waals surface area contributed by atoms with Crippen molar-refractivity contribution in [2.75, 3.05) is 4.90 Å². The van der Waals surface area contributed by atoms with Gasteiger partial charge in [-0.1, -0.05) is 145 Å². The van der Waals surface area contributed by atoms with Crippen molar-refractivity contribution in [1.82, 2.24) is 10.6 Å². The highest BCUT2D eigenvalue weighted by molar-refractivity contribution is 8.04. The van der Waals surface area contributed by atoms with Gasteiger partial charge in [0.25, 0.3) is 0 Å². The molecule has 2 aromatic carbocycles. The molecule has 5 heteroatoms. The van der Waals surface area contributed by atoms with E-state index in [0.717, 1.165) is 76.5 Å². The summed E-state index contributed by atoms with van der Waals surface area (Å²) in [6.45, 7) is 0. The van der Waals surface area contributed by atoms with Crippen molar-refractivity contribution in [2.45, 2.75) is 126 Å². The Kier molecular flexibility index (Phi) is 11.6. The van der Waals surface area contributed by atoms with E-state index in [1.54, 1.807) is 27.3 Å². The van der Waals surface area contributed by atoms with Gasteiger partial charge >= 0.3 is 0 Å². The molecule has 0 spiro atoms. The van der Waals surface area contributed by atoms with Crippen molar-refractivity contribution >= 4 is 23.3 Å². The van der Waals surface area contributed by atoms with E-state index in [1.165, 1.54) is 70.4 Å². The van der Waals surface area contributed by atoms with Crippen LogP contribution >= 0.6 is 11.8 Å². The fourth-order valence-electron chi connectivity index (χ4n) is 14.0. The third-order valence-corrected chi connectivity index (χ3v) is 18.6. The fourth-order valence-corrected chi connectivity index (χ4v) is 15.4. The van der Waals surface area contributed by atoms with E-state index in [1.807, 2.05) is 0 Å². The summed E-state index contributed by atoms with van der Waals surface area (Å²) >= 11 is 2.16. The zero-order chi connectivity index (χ0) is 45.0. The van der Waals surface area contributed by atoms with Crippen molar-refractivity contribution in [3.05, 3.63) is 218 Å². The van der Waals surface area contributed by atoms with Gasteiger partial charge in [0.15, 0.2) is 0 Å². The smallest absolute Gasteiger partial charge is 0.132 e. The Morgan fingerprint density at radius 1 is 0.691 bits per heavy atom. The van der Waals surface area contributed by atoms with Gasteiger partial charge in [-0.2, -0.15) is 0 Å². The second-order valence-corrected chi connectivity index (χ2v) is 22.3. The van der Waals surface area contributed by atoms with Crippen LogP contribution in [-0.2, 0) is 0 Å². The summed E-state index contributed by atoms with van der Waals surface area (Å²) in [5, 5.41) is 8.62. The van der Waals surface area contributed by atoms with Crippen molar-refractivity contribution in [3.8, 4) is 0 Å². The Morgan fingerprint density at radius 3 is 2.32 bits per heavy atom. The lowest BCUT2D eigenvalue weighted by Gasteiger charge is -2.41. The topological polar surface area (TPSA) is 39.7 Å². The average molecular weight is 911 g/mol. The van der Waals surface area contributed by atoms with Crippen LogP contribution in [-0.4, -0.2) is 29.5 Å². The Labute approximate surface area is 409 Å². The van der Waals surface area contributed by atoms with Crippen LogP contribution in [0.4, 0.5) is 5.69 Å². The van der Waals surface area contributed by atoms with Crippen molar-refractivity contribution < 1.29 is 0 Å². The highest BCUT2D eigenvalue weighted by Gasteiger charge is 2.48. The van der Waals surface area contributed by atoms with Crippen LogP contribution in [0.15, 0.2) is 218 Å². The third-order valence-electron chi connectivity index (χ3n) is 17.2. The summed E-state index contributed by atoms with van der Waals surface area (Å²) in [6, 6.07) is 23.2. The number of nitrogens with zero attached hydrogens (tertiary/aromatic N) is 2. The lowest BCUT2D eigenvalue weighted by atomic mass is 9.64. The van der Waals surface area contributed by atoms with Gasteiger partial charge in [0.05, 0.1) is 0 Å². The number of fused-ring (bicyclic) bond motifs is 5. The Bertz CT molecular complexity index is 2800. The van der Waals surface area contributed by atoms with Crippen molar-refractivity contribution in [1.29, 1.82) is 0 Å². The molecule has 3 heterocycles. The molecule has 0 bridgehead atoms. The molecule has 4 nitrogen and oxygen atoms in total. The second-order valence-electron chi connectivity index (χ2n) is 21.0. The maximum atomic E-state index is 5.78. The molecule has 1 saturated heterocycles. The number of allylic oxidation sites excluding steroid dienone is 18. The highest BCUT2D eigenvalue weighted by Crippen LogP contribution is 2.59. The maximum absolute atomic E-state index is 5.78. The summed E-state index contributed by atoms with van der Waals surface area (Å²) in [5.74, 6) is 3.13. The second kappa shape index (κ2) is 18.5. The number of nitrogens with one attached hydrogen (secondary N) is 2. The van der Waals surface area contributed by atoms with Gasteiger partial charge in [0.1, 0.15) is 18.2 Å². The molecule has 9 unspecified atom stereocenters. The van der Waals surface area contributed by atoms with Crippen LogP contribution < -0.4 is 15.5 Å². The number of rotatable bonds is 8. The monoisotopic (exact) mass is 911 g/mol. The number of hydrogen-bond acceptors (Lipinski definition) is 5. The number of thioether (sulfide) groups is 1. The molecule has 2 aromatic rings. The van der Waals surface area contributed by atoms with Crippen LogP contribution in [0, 0.1) is 23.7 Å². The summed E-state index contributed by atoms with van der Waals surface area (Å²) in [5.41, 5.74) is 17.9. The zero-order valence-electron chi connectivity index (χ0n) is 39.5. The van der Waals surface area contributed by atoms with E-state index in [-0.39, 0.29) is 12.3 Å². The Morgan fingerprint density at radius 2 is 1.51 bits per heavy atom. The third kappa shape index (κ3) is 7.86. The molecule has 344 valence electrons. The van der Waals surface area contributed by atoms with E-state index in [0.29, 0.717) is 40.9 Å². The Hall–Kier alpha value is -5.36. The predicted octanol–water partition coefficient (Wildman–Crippen LogP) is 14.7. The summed E-state index contributed by atoms with van der Waals surface area (Å²) in [7, 11) is 0. The van der Waals surface area contributed by atoms with E-state index in [4.69, 9.17) is 4.99 Å². The van der Waals surface area contributed by atoms with Crippen LogP contribution in [0.2, 0.25) is 0 Å². The van der Waals surface area contributed by atoms with Crippen molar-refractivity contribution in [2.24, 2.45) is 28.7 Å². The lowest BCUT2D eigenvalue weighted by molar-refractivity contribution is 0.386. The molecular weight excluding hydrogens is 845 g/mol. The van der Waals surface area contributed by atoms with Gasteiger partial charge in [-0.3, -0.25) is 5.32 Å². The maximum Gasteiger partial charge on any atom is 0.132 e. The van der Waals surface area contributed by atoms with Gasteiger partial charge in [0, 0.05) is 52.4 Å². The molecule has 1 fully saturated rings. The first kappa shape index (κ1) is 42.7. The number of hydrogen-bond donors (Lipinski definition) is 2. The van der Waals surface area contributed by atoms with Gasteiger partial charge in [-0.05, 0) is 163 Å². The molecule has 3 aliphatic heterocycles. The molecular formula is C63H66N4S.